The van der Waals surface area contributed by atoms with Crippen molar-refractivity contribution in [3.8, 4) is 6.07 Å². The van der Waals surface area contributed by atoms with Crippen LogP contribution in [0.1, 0.15) is 16.7 Å². The second kappa shape index (κ2) is 8.07. The Hall–Kier alpha value is -2.93. The number of fused-ring (bicyclic) bond motifs is 1. The van der Waals surface area contributed by atoms with E-state index >= 15 is 0 Å². The highest BCUT2D eigenvalue weighted by Crippen LogP contribution is 2.59. The highest BCUT2D eigenvalue weighted by atomic mass is 15.3. The van der Waals surface area contributed by atoms with Gasteiger partial charge in [-0.2, -0.15) is 5.26 Å². The largest absolute Gasteiger partial charge is 0.298 e. The van der Waals surface area contributed by atoms with Crippen molar-refractivity contribution in [2.24, 2.45) is 11.8 Å². The Balaban J connectivity index is 1.35. The van der Waals surface area contributed by atoms with Crippen molar-refractivity contribution >= 4 is 0 Å². The van der Waals surface area contributed by atoms with E-state index in [2.05, 4.69) is 107 Å². The maximum Gasteiger partial charge on any atom is 0.118 e. The van der Waals surface area contributed by atoms with Crippen LogP contribution in [0.25, 0.3) is 0 Å². The molecule has 2 unspecified atom stereocenters. The molecule has 3 heteroatoms. The topological polar surface area (TPSA) is 30.3 Å². The lowest BCUT2D eigenvalue weighted by Gasteiger charge is -2.33. The fourth-order valence-electron chi connectivity index (χ4n) is 5.29. The zero-order chi connectivity index (χ0) is 20.4. The van der Waals surface area contributed by atoms with E-state index in [0.29, 0.717) is 11.8 Å². The van der Waals surface area contributed by atoms with Crippen LogP contribution in [0.15, 0.2) is 91.0 Å². The molecule has 3 aromatic rings. The molecule has 1 saturated heterocycles. The first kappa shape index (κ1) is 19.1. The molecule has 3 nitrogen and oxygen atoms in total. The van der Waals surface area contributed by atoms with Gasteiger partial charge in [0.1, 0.15) is 5.54 Å². The number of nitrogens with zero attached hydrogens (tertiary/aromatic N) is 3. The predicted molar refractivity (Wildman–Crippen MR) is 119 cm³/mol. The van der Waals surface area contributed by atoms with Gasteiger partial charge < -0.3 is 0 Å². The molecule has 0 spiro atoms. The molecule has 1 aliphatic carbocycles. The van der Waals surface area contributed by atoms with E-state index in [-0.39, 0.29) is 5.54 Å². The van der Waals surface area contributed by atoms with Gasteiger partial charge in [0.2, 0.25) is 0 Å². The van der Waals surface area contributed by atoms with Gasteiger partial charge in [-0.15, -0.1) is 0 Å². The minimum atomic E-state index is -0.348. The molecule has 1 saturated carbocycles. The van der Waals surface area contributed by atoms with Crippen molar-refractivity contribution in [2.45, 2.75) is 25.2 Å². The summed E-state index contributed by atoms with van der Waals surface area (Å²) in [6.45, 7) is 4.62. The molecule has 0 aromatic heterocycles. The van der Waals surface area contributed by atoms with Crippen LogP contribution in [0.4, 0.5) is 0 Å². The summed E-state index contributed by atoms with van der Waals surface area (Å²) in [6, 6.07) is 34.6. The van der Waals surface area contributed by atoms with E-state index in [9.17, 15) is 5.26 Å². The van der Waals surface area contributed by atoms with Crippen molar-refractivity contribution in [1.29, 1.82) is 5.26 Å². The monoisotopic (exact) mass is 393 g/mol. The average molecular weight is 394 g/mol. The van der Waals surface area contributed by atoms with Crippen molar-refractivity contribution in [3.05, 3.63) is 108 Å². The highest BCUT2D eigenvalue weighted by Gasteiger charge is 2.71. The number of hydrogen-bond acceptors (Lipinski definition) is 3. The minimum absolute atomic E-state index is 0.348. The minimum Gasteiger partial charge on any atom is -0.298 e. The molecule has 2 aliphatic rings. The lowest BCUT2D eigenvalue weighted by molar-refractivity contribution is 0.139. The van der Waals surface area contributed by atoms with E-state index in [1.54, 1.807) is 0 Å². The molecule has 150 valence electrons. The molecule has 0 amide bonds. The summed E-state index contributed by atoms with van der Waals surface area (Å²) in [4.78, 5) is 4.95. The second-order valence-electron chi connectivity index (χ2n) is 8.66. The Morgan fingerprint density at radius 2 is 1.17 bits per heavy atom. The third-order valence-corrected chi connectivity index (χ3v) is 6.80. The maximum absolute atomic E-state index is 10.4. The molecular weight excluding hydrogens is 366 g/mol. The van der Waals surface area contributed by atoms with Gasteiger partial charge in [0.15, 0.2) is 0 Å². The van der Waals surface area contributed by atoms with Gasteiger partial charge in [-0.3, -0.25) is 9.80 Å². The van der Waals surface area contributed by atoms with Crippen LogP contribution in [-0.4, -0.2) is 28.4 Å². The lowest BCUT2D eigenvalue weighted by atomic mass is 10.1. The summed E-state index contributed by atoms with van der Waals surface area (Å²) < 4.78 is 0. The van der Waals surface area contributed by atoms with Crippen molar-refractivity contribution in [1.82, 2.24) is 9.80 Å². The van der Waals surface area contributed by atoms with Crippen molar-refractivity contribution in [3.63, 3.8) is 0 Å². The van der Waals surface area contributed by atoms with Gasteiger partial charge >= 0.3 is 0 Å². The summed E-state index contributed by atoms with van der Waals surface area (Å²) >= 11 is 0. The van der Waals surface area contributed by atoms with Gasteiger partial charge in [-0.25, -0.2) is 0 Å². The normalized spacial score (nSPS) is 25.1. The molecule has 0 N–H and O–H groups in total. The Kier molecular flexibility index (Phi) is 5.12. The van der Waals surface area contributed by atoms with Crippen LogP contribution in [0.3, 0.4) is 0 Å². The van der Waals surface area contributed by atoms with Crippen LogP contribution in [0.2, 0.25) is 0 Å². The van der Waals surface area contributed by atoms with E-state index in [0.717, 1.165) is 32.7 Å². The first-order chi connectivity index (χ1) is 14.8. The van der Waals surface area contributed by atoms with Crippen LogP contribution in [0.5, 0.6) is 0 Å². The van der Waals surface area contributed by atoms with E-state index in [1.165, 1.54) is 16.7 Å². The average Bonchev–Trinajstić information content (AvgIpc) is 3.18. The molecule has 1 heterocycles. The highest BCUT2D eigenvalue weighted by molar-refractivity contribution is 5.35. The Bertz CT molecular complexity index is 957. The summed E-state index contributed by atoms with van der Waals surface area (Å²) in [7, 11) is 0. The fraction of sp³-hybridized carbons (Fsp3) is 0.296. The smallest absolute Gasteiger partial charge is 0.118 e. The number of nitriles is 1. The Morgan fingerprint density at radius 3 is 1.60 bits per heavy atom. The quantitative estimate of drug-likeness (QED) is 0.582. The summed E-state index contributed by atoms with van der Waals surface area (Å²) in [5.41, 5.74) is 3.55. The predicted octanol–water partition coefficient (Wildman–Crippen LogP) is 4.71. The number of hydrogen-bond donors (Lipinski definition) is 0. The summed E-state index contributed by atoms with van der Waals surface area (Å²) in [5.74, 6) is 0.859. The molecule has 3 aromatic carbocycles. The first-order valence-corrected chi connectivity index (χ1v) is 10.8. The van der Waals surface area contributed by atoms with E-state index in [4.69, 9.17) is 0 Å². The molecule has 5 rings (SSSR count). The third kappa shape index (κ3) is 3.54. The number of likely N-dealkylation sites (tertiary alicyclic amines) is 1. The Morgan fingerprint density at radius 1 is 0.733 bits per heavy atom. The van der Waals surface area contributed by atoms with Crippen LogP contribution < -0.4 is 0 Å². The second-order valence-corrected chi connectivity index (χ2v) is 8.66. The number of benzene rings is 3. The maximum atomic E-state index is 10.4. The molecule has 0 bridgehead atoms. The van der Waals surface area contributed by atoms with Crippen LogP contribution >= 0.6 is 0 Å². The SMILES string of the molecule is N#CC1(N(Cc2ccccc2)Cc2ccccc2)C2CN(Cc3ccccc3)C[C@H]21. The zero-order valence-electron chi connectivity index (χ0n) is 17.2. The van der Waals surface area contributed by atoms with Gasteiger partial charge in [-0.1, -0.05) is 91.0 Å². The van der Waals surface area contributed by atoms with Gasteiger partial charge in [0.05, 0.1) is 6.07 Å². The van der Waals surface area contributed by atoms with Crippen LogP contribution in [-0.2, 0) is 19.6 Å². The Labute approximate surface area is 179 Å². The number of rotatable bonds is 7. The number of piperidine rings is 1. The summed E-state index contributed by atoms with van der Waals surface area (Å²) in [5, 5.41) is 10.4. The molecule has 3 atom stereocenters. The standard InChI is InChI=1S/C27H27N3/c28-21-27(25-19-29(20-26(25)27)16-22-10-4-1-5-11-22)30(17-23-12-6-2-7-13-23)18-24-14-8-3-9-15-24/h1-15,25-26H,16-20H2/t25-,26?,27?/m1/s1. The molecule has 0 radical (unpaired) electrons. The molecular formula is C27H27N3. The zero-order valence-corrected chi connectivity index (χ0v) is 17.2. The molecule has 1 aliphatic heterocycles. The molecule has 2 fully saturated rings. The van der Waals surface area contributed by atoms with Gasteiger partial charge in [-0.05, 0) is 16.7 Å². The van der Waals surface area contributed by atoms with E-state index in [1.807, 2.05) is 0 Å². The summed E-state index contributed by atoms with van der Waals surface area (Å²) in [6.07, 6.45) is 0. The van der Waals surface area contributed by atoms with Crippen molar-refractivity contribution in [2.75, 3.05) is 13.1 Å². The van der Waals surface area contributed by atoms with Crippen molar-refractivity contribution < 1.29 is 0 Å². The van der Waals surface area contributed by atoms with Gasteiger partial charge in [0, 0.05) is 44.6 Å². The lowest BCUT2D eigenvalue weighted by Crippen LogP contribution is -2.43. The van der Waals surface area contributed by atoms with Crippen LogP contribution in [0, 0.1) is 23.2 Å². The third-order valence-electron chi connectivity index (χ3n) is 6.80. The first-order valence-electron chi connectivity index (χ1n) is 10.8. The van der Waals surface area contributed by atoms with Gasteiger partial charge in [0.25, 0.3) is 0 Å². The molecule has 30 heavy (non-hydrogen) atoms. The fourth-order valence-corrected chi connectivity index (χ4v) is 5.29. The van der Waals surface area contributed by atoms with E-state index < -0.39 is 0 Å².